The summed E-state index contributed by atoms with van der Waals surface area (Å²) in [5.41, 5.74) is 1.82. The molecule has 1 aromatic carbocycles. The molecule has 0 N–H and O–H groups in total. The molecule has 1 saturated heterocycles. The lowest BCUT2D eigenvalue weighted by Crippen LogP contribution is -2.43. The van der Waals surface area contributed by atoms with Crippen LogP contribution >= 0.6 is 27.5 Å². The maximum absolute atomic E-state index is 12.4. The number of rotatable bonds is 1. The molecule has 1 aromatic rings. The fourth-order valence-electron chi connectivity index (χ4n) is 2.17. The fraction of sp³-hybridized carbons (Fsp3) is 0.500. The number of nitrogens with zero attached hydrogens (tertiary/aromatic N) is 1. The van der Waals surface area contributed by atoms with E-state index in [0.717, 1.165) is 28.6 Å². The number of piperidine rings is 1. The summed E-state index contributed by atoms with van der Waals surface area (Å²) in [5, 5.41) is 0.0687. The van der Waals surface area contributed by atoms with Gasteiger partial charge in [-0.3, -0.25) is 4.79 Å². The standard InChI is InChI=1S/C14H17BrClNO/c1-9-5-6-17(8-13(9)16)14(18)11-3-4-12(15)10(2)7-11/h3-4,7,9,13H,5-6,8H2,1-2H3. The minimum atomic E-state index is 0.0687. The van der Waals surface area contributed by atoms with Gasteiger partial charge < -0.3 is 4.90 Å². The number of aryl methyl sites for hydroxylation is 1. The van der Waals surface area contributed by atoms with Crippen LogP contribution in [0.25, 0.3) is 0 Å². The van der Waals surface area contributed by atoms with E-state index in [0.29, 0.717) is 12.5 Å². The summed E-state index contributed by atoms with van der Waals surface area (Å²) in [6.07, 6.45) is 0.982. The summed E-state index contributed by atoms with van der Waals surface area (Å²) >= 11 is 9.69. The van der Waals surface area contributed by atoms with Crippen molar-refractivity contribution in [1.29, 1.82) is 0 Å². The molecule has 18 heavy (non-hydrogen) atoms. The molecule has 0 saturated carbocycles. The zero-order valence-corrected chi connectivity index (χ0v) is 13.0. The Hall–Kier alpha value is -0.540. The Morgan fingerprint density at radius 2 is 2.22 bits per heavy atom. The first kappa shape index (κ1) is 13.9. The lowest BCUT2D eigenvalue weighted by molar-refractivity contribution is 0.0701. The molecule has 1 amide bonds. The number of alkyl halides is 1. The van der Waals surface area contributed by atoms with Gasteiger partial charge in [-0.15, -0.1) is 11.6 Å². The van der Waals surface area contributed by atoms with Crippen LogP contribution in [0.3, 0.4) is 0 Å². The Morgan fingerprint density at radius 3 is 2.83 bits per heavy atom. The summed E-state index contributed by atoms with van der Waals surface area (Å²) in [6, 6.07) is 5.71. The SMILES string of the molecule is Cc1cc(C(=O)N2CCC(C)C(Cl)C2)ccc1Br. The summed E-state index contributed by atoms with van der Waals surface area (Å²) in [6.45, 7) is 5.59. The quantitative estimate of drug-likeness (QED) is 0.716. The predicted molar refractivity (Wildman–Crippen MR) is 78.2 cm³/mol. The van der Waals surface area contributed by atoms with Crippen LogP contribution in [0.5, 0.6) is 0 Å². The average molecular weight is 331 g/mol. The molecule has 4 heteroatoms. The van der Waals surface area contributed by atoms with Gasteiger partial charge in [0.15, 0.2) is 0 Å². The fourth-order valence-corrected chi connectivity index (χ4v) is 2.71. The molecule has 0 bridgehead atoms. The maximum atomic E-state index is 12.4. The second-order valence-corrected chi connectivity index (χ2v) is 6.41. The largest absolute Gasteiger partial charge is 0.337 e. The maximum Gasteiger partial charge on any atom is 0.253 e. The molecule has 0 aromatic heterocycles. The van der Waals surface area contributed by atoms with Crippen molar-refractivity contribution in [1.82, 2.24) is 4.90 Å². The van der Waals surface area contributed by atoms with E-state index in [-0.39, 0.29) is 11.3 Å². The predicted octanol–water partition coefficient (Wildman–Crippen LogP) is 3.85. The molecule has 0 spiro atoms. The van der Waals surface area contributed by atoms with Crippen LogP contribution < -0.4 is 0 Å². The molecule has 1 fully saturated rings. The summed E-state index contributed by atoms with van der Waals surface area (Å²) in [5.74, 6) is 0.575. The van der Waals surface area contributed by atoms with E-state index in [1.807, 2.05) is 30.0 Å². The van der Waals surface area contributed by atoms with Gasteiger partial charge in [0, 0.05) is 23.1 Å². The Bertz CT molecular complexity index is 463. The molecule has 1 aliphatic heterocycles. The summed E-state index contributed by atoms with van der Waals surface area (Å²) in [7, 11) is 0. The molecule has 1 aliphatic rings. The van der Waals surface area contributed by atoms with Gasteiger partial charge in [0.2, 0.25) is 0 Å². The Balaban J connectivity index is 2.14. The smallest absolute Gasteiger partial charge is 0.253 e. The highest BCUT2D eigenvalue weighted by Gasteiger charge is 2.27. The highest BCUT2D eigenvalue weighted by atomic mass is 79.9. The second kappa shape index (κ2) is 5.62. The molecule has 2 rings (SSSR count). The van der Waals surface area contributed by atoms with Gasteiger partial charge in [-0.2, -0.15) is 0 Å². The Kier molecular flexibility index (Phi) is 4.33. The van der Waals surface area contributed by atoms with Crippen molar-refractivity contribution in [3.8, 4) is 0 Å². The number of halogens is 2. The third-order valence-corrected chi connectivity index (χ3v) is 5.02. The first-order valence-corrected chi connectivity index (χ1v) is 7.41. The van der Waals surface area contributed by atoms with Crippen molar-refractivity contribution < 1.29 is 4.79 Å². The summed E-state index contributed by atoms with van der Waals surface area (Å²) in [4.78, 5) is 14.2. The van der Waals surface area contributed by atoms with Gasteiger partial charge in [0.05, 0.1) is 5.38 Å². The van der Waals surface area contributed by atoms with Crippen LogP contribution in [0.2, 0.25) is 0 Å². The van der Waals surface area contributed by atoms with Crippen molar-refractivity contribution in [2.24, 2.45) is 5.92 Å². The van der Waals surface area contributed by atoms with Gasteiger partial charge >= 0.3 is 0 Å². The summed E-state index contributed by atoms with van der Waals surface area (Å²) < 4.78 is 1.03. The molecule has 0 radical (unpaired) electrons. The van der Waals surface area contributed by atoms with Crippen molar-refractivity contribution in [3.05, 3.63) is 33.8 Å². The zero-order valence-electron chi connectivity index (χ0n) is 10.6. The van der Waals surface area contributed by atoms with Crippen molar-refractivity contribution in [3.63, 3.8) is 0 Å². The topological polar surface area (TPSA) is 20.3 Å². The Labute approximate surface area is 121 Å². The van der Waals surface area contributed by atoms with Crippen molar-refractivity contribution in [2.75, 3.05) is 13.1 Å². The van der Waals surface area contributed by atoms with Crippen LogP contribution in [0.15, 0.2) is 22.7 Å². The molecule has 0 aliphatic carbocycles. The van der Waals surface area contributed by atoms with E-state index in [2.05, 4.69) is 22.9 Å². The van der Waals surface area contributed by atoms with E-state index >= 15 is 0 Å². The van der Waals surface area contributed by atoms with Crippen LogP contribution in [0.1, 0.15) is 29.3 Å². The number of amides is 1. The lowest BCUT2D eigenvalue weighted by Gasteiger charge is -2.34. The number of carbonyl (C=O) groups is 1. The average Bonchev–Trinajstić information content (AvgIpc) is 2.35. The van der Waals surface area contributed by atoms with Gasteiger partial charge in [-0.1, -0.05) is 22.9 Å². The number of hydrogen-bond donors (Lipinski definition) is 0. The highest BCUT2D eigenvalue weighted by Crippen LogP contribution is 2.24. The Morgan fingerprint density at radius 1 is 1.50 bits per heavy atom. The van der Waals surface area contributed by atoms with E-state index in [4.69, 9.17) is 11.6 Å². The monoisotopic (exact) mass is 329 g/mol. The number of likely N-dealkylation sites (tertiary alicyclic amines) is 1. The highest BCUT2D eigenvalue weighted by molar-refractivity contribution is 9.10. The molecule has 2 unspecified atom stereocenters. The minimum Gasteiger partial charge on any atom is -0.337 e. The van der Waals surface area contributed by atoms with Crippen LogP contribution in [-0.4, -0.2) is 29.3 Å². The van der Waals surface area contributed by atoms with Crippen LogP contribution in [0, 0.1) is 12.8 Å². The van der Waals surface area contributed by atoms with E-state index in [9.17, 15) is 4.79 Å². The van der Waals surface area contributed by atoms with Gasteiger partial charge in [-0.05, 0) is 43.0 Å². The van der Waals surface area contributed by atoms with Crippen LogP contribution in [0.4, 0.5) is 0 Å². The number of carbonyl (C=O) groups excluding carboxylic acids is 1. The molecule has 98 valence electrons. The van der Waals surface area contributed by atoms with Gasteiger partial charge in [-0.25, -0.2) is 0 Å². The van der Waals surface area contributed by atoms with Crippen molar-refractivity contribution >= 4 is 33.4 Å². The molecule has 2 nitrogen and oxygen atoms in total. The molecular weight excluding hydrogens is 314 g/mol. The first-order chi connectivity index (χ1) is 8.49. The zero-order chi connectivity index (χ0) is 13.3. The minimum absolute atomic E-state index is 0.0687. The van der Waals surface area contributed by atoms with Gasteiger partial charge in [0.1, 0.15) is 0 Å². The molecule has 1 heterocycles. The lowest BCUT2D eigenvalue weighted by atomic mass is 9.98. The number of benzene rings is 1. The van der Waals surface area contributed by atoms with Gasteiger partial charge in [0.25, 0.3) is 5.91 Å². The van der Waals surface area contributed by atoms with E-state index < -0.39 is 0 Å². The van der Waals surface area contributed by atoms with Crippen molar-refractivity contribution in [2.45, 2.75) is 25.6 Å². The molecule has 2 atom stereocenters. The van der Waals surface area contributed by atoms with E-state index in [1.54, 1.807) is 0 Å². The first-order valence-electron chi connectivity index (χ1n) is 6.18. The third-order valence-electron chi connectivity index (χ3n) is 3.56. The number of hydrogen-bond acceptors (Lipinski definition) is 1. The normalized spacial score (nSPS) is 24.1. The second-order valence-electron chi connectivity index (χ2n) is 5.00. The van der Waals surface area contributed by atoms with E-state index in [1.165, 1.54) is 0 Å². The molecular formula is C14H17BrClNO. The van der Waals surface area contributed by atoms with Crippen LogP contribution in [-0.2, 0) is 0 Å². The third kappa shape index (κ3) is 2.89.